The first kappa shape index (κ1) is 17.7. The molecule has 1 heterocycles. The Morgan fingerprint density at radius 1 is 1.52 bits per heavy atom. The zero-order chi connectivity index (χ0) is 14.5. The van der Waals surface area contributed by atoms with Crippen LogP contribution in [0.5, 0.6) is 5.75 Å². The van der Waals surface area contributed by atoms with Crippen molar-refractivity contribution in [2.45, 2.75) is 26.1 Å². The molecule has 2 N–H and O–H groups in total. The van der Waals surface area contributed by atoms with E-state index in [0.717, 1.165) is 6.54 Å². The van der Waals surface area contributed by atoms with E-state index in [-0.39, 0.29) is 24.4 Å². The summed E-state index contributed by atoms with van der Waals surface area (Å²) in [5.74, 6) is -0.297. The number of halogens is 2. The van der Waals surface area contributed by atoms with Crippen LogP contribution in [-0.4, -0.2) is 37.8 Å². The molecule has 1 saturated heterocycles. The van der Waals surface area contributed by atoms with Gasteiger partial charge in [0.15, 0.2) is 0 Å². The predicted octanol–water partition coefficient (Wildman–Crippen LogP) is 1.96. The zero-order valence-electron chi connectivity index (χ0n) is 12.0. The molecule has 1 aliphatic rings. The quantitative estimate of drug-likeness (QED) is 0.891. The van der Waals surface area contributed by atoms with E-state index in [1.807, 2.05) is 13.8 Å². The van der Waals surface area contributed by atoms with Gasteiger partial charge in [0.05, 0.1) is 18.4 Å². The van der Waals surface area contributed by atoms with Crippen molar-refractivity contribution in [2.24, 2.45) is 0 Å². The molecule has 2 rings (SSSR count). The second-order valence-corrected chi connectivity index (χ2v) is 4.86. The first-order chi connectivity index (χ1) is 9.56. The molecule has 1 amide bonds. The van der Waals surface area contributed by atoms with Crippen LogP contribution in [-0.2, 0) is 9.53 Å². The summed E-state index contributed by atoms with van der Waals surface area (Å²) < 4.78 is 24.2. The number of morpholine rings is 1. The van der Waals surface area contributed by atoms with Crippen molar-refractivity contribution in [1.29, 1.82) is 0 Å². The van der Waals surface area contributed by atoms with Gasteiger partial charge in [0.25, 0.3) is 5.91 Å². The number of carbonyl (C=O) groups is 1. The van der Waals surface area contributed by atoms with Crippen LogP contribution in [0.1, 0.15) is 13.8 Å². The minimum absolute atomic E-state index is 0. The number of hydrogen-bond acceptors (Lipinski definition) is 4. The zero-order valence-corrected chi connectivity index (χ0v) is 12.8. The van der Waals surface area contributed by atoms with Crippen LogP contribution in [0.2, 0.25) is 0 Å². The highest BCUT2D eigenvalue weighted by Gasteiger charge is 2.23. The van der Waals surface area contributed by atoms with Crippen LogP contribution in [0.15, 0.2) is 18.2 Å². The van der Waals surface area contributed by atoms with Crippen LogP contribution < -0.4 is 15.4 Å². The Morgan fingerprint density at radius 2 is 2.29 bits per heavy atom. The molecule has 0 saturated carbocycles. The average molecular weight is 319 g/mol. The van der Waals surface area contributed by atoms with E-state index in [1.165, 1.54) is 18.2 Å². The summed E-state index contributed by atoms with van der Waals surface area (Å²) in [6.07, 6.45) is -0.636. The molecular formula is C14H20ClFN2O3. The predicted molar refractivity (Wildman–Crippen MR) is 80.7 cm³/mol. The second kappa shape index (κ2) is 8.17. The van der Waals surface area contributed by atoms with Crippen molar-refractivity contribution in [3.05, 3.63) is 24.0 Å². The average Bonchev–Trinajstić information content (AvgIpc) is 2.42. The van der Waals surface area contributed by atoms with Gasteiger partial charge in [0.2, 0.25) is 0 Å². The van der Waals surface area contributed by atoms with Crippen molar-refractivity contribution in [3.8, 4) is 5.75 Å². The molecular weight excluding hydrogens is 299 g/mol. The molecule has 0 aliphatic carbocycles. The Kier molecular flexibility index (Phi) is 6.87. The van der Waals surface area contributed by atoms with Crippen molar-refractivity contribution >= 4 is 24.0 Å². The molecule has 1 fully saturated rings. The lowest BCUT2D eigenvalue weighted by Crippen LogP contribution is -2.45. The fourth-order valence-corrected chi connectivity index (χ4v) is 1.90. The van der Waals surface area contributed by atoms with Crippen LogP contribution in [0.4, 0.5) is 10.1 Å². The summed E-state index contributed by atoms with van der Waals surface area (Å²) in [6, 6.07) is 4.04. The number of carbonyl (C=O) groups excluding carboxylic acids is 1. The van der Waals surface area contributed by atoms with E-state index in [4.69, 9.17) is 9.47 Å². The van der Waals surface area contributed by atoms with Gasteiger partial charge >= 0.3 is 0 Å². The Hall–Kier alpha value is -1.37. The fraction of sp³-hybridized carbons (Fsp3) is 0.500. The van der Waals surface area contributed by atoms with E-state index in [2.05, 4.69) is 10.6 Å². The normalized spacial score (nSPS) is 18.0. The molecule has 1 aromatic carbocycles. The first-order valence-electron chi connectivity index (χ1n) is 6.65. The largest absolute Gasteiger partial charge is 0.489 e. The van der Waals surface area contributed by atoms with Gasteiger partial charge in [-0.1, -0.05) is 0 Å². The Bertz CT molecular complexity index is 479. The third-order valence-corrected chi connectivity index (χ3v) is 2.78. The summed E-state index contributed by atoms with van der Waals surface area (Å²) in [5, 5.41) is 5.73. The number of benzene rings is 1. The maximum atomic E-state index is 13.3. The minimum Gasteiger partial charge on any atom is -0.489 e. The van der Waals surface area contributed by atoms with Gasteiger partial charge in [-0.05, 0) is 26.0 Å². The number of hydrogen-bond donors (Lipinski definition) is 2. The highest BCUT2D eigenvalue weighted by atomic mass is 35.5. The molecule has 5 nitrogen and oxygen atoms in total. The molecule has 0 bridgehead atoms. The molecule has 0 radical (unpaired) electrons. The lowest BCUT2D eigenvalue weighted by Gasteiger charge is -2.23. The number of ether oxygens (including phenoxy) is 2. The van der Waals surface area contributed by atoms with Crippen molar-refractivity contribution in [1.82, 2.24) is 5.32 Å². The van der Waals surface area contributed by atoms with Gasteiger partial charge in [-0.25, -0.2) is 4.39 Å². The van der Waals surface area contributed by atoms with Crippen molar-refractivity contribution in [2.75, 3.05) is 25.0 Å². The van der Waals surface area contributed by atoms with Crippen molar-refractivity contribution < 1.29 is 18.7 Å². The van der Waals surface area contributed by atoms with Crippen LogP contribution in [0, 0.1) is 5.82 Å². The van der Waals surface area contributed by atoms with Gasteiger partial charge in [-0.2, -0.15) is 0 Å². The maximum Gasteiger partial charge on any atom is 0.254 e. The van der Waals surface area contributed by atoms with Crippen LogP contribution in [0.25, 0.3) is 0 Å². The van der Waals surface area contributed by atoms with Crippen molar-refractivity contribution in [3.63, 3.8) is 0 Å². The monoisotopic (exact) mass is 318 g/mol. The van der Waals surface area contributed by atoms with Crippen LogP contribution >= 0.6 is 12.4 Å². The minimum atomic E-state index is -0.570. The van der Waals surface area contributed by atoms with Gasteiger partial charge < -0.3 is 20.1 Å². The summed E-state index contributed by atoms with van der Waals surface area (Å²) in [6.45, 7) is 5.38. The summed E-state index contributed by atoms with van der Waals surface area (Å²) in [7, 11) is 0. The van der Waals surface area contributed by atoms with Gasteiger partial charge in [-0.15, -0.1) is 12.4 Å². The van der Waals surface area contributed by atoms with Gasteiger partial charge in [-0.3, -0.25) is 4.79 Å². The van der Waals surface area contributed by atoms with Gasteiger partial charge in [0.1, 0.15) is 17.7 Å². The smallest absolute Gasteiger partial charge is 0.254 e. The Morgan fingerprint density at radius 3 is 2.90 bits per heavy atom. The topological polar surface area (TPSA) is 59.6 Å². The summed E-state index contributed by atoms with van der Waals surface area (Å²) >= 11 is 0. The Labute approximate surface area is 129 Å². The molecule has 0 aromatic heterocycles. The SMILES string of the molecule is CC(C)Oc1ccc(F)cc1NC(=O)C1CNCCO1.Cl. The lowest BCUT2D eigenvalue weighted by molar-refractivity contribution is -0.128. The number of anilines is 1. The summed E-state index contributed by atoms with van der Waals surface area (Å²) in [4.78, 5) is 12.1. The first-order valence-corrected chi connectivity index (χ1v) is 6.65. The second-order valence-electron chi connectivity index (χ2n) is 4.86. The highest BCUT2D eigenvalue weighted by molar-refractivity contribution is 5.95. The lowest BCUT2D eigenvalue weighted by atomic mass is 10.2. The van der Waals surface area contributed by atoms with Gasteiger partial charge in [0, 0.05) is 19.2 Å². The number of amides is 1. The molecule has 0 spiro atoms. The third-order valence-electron chi connectivity index (χ3n) is 2.78. The van der Waals surface area contributed by atoms with E-state index >= 15 is 0 Å². The van der Waals surface area contributed by atoms with E-state index in [9.17, 15) is 9.18 Å². The van der Waals surface area contributed by atoms with E-state index < -0.39 is 11.9 Å². The molecule has 21 heavy (non-hydrogen) atoms. The number of rotatable bonds is 4. The summed E-state index contributed by atoms with van der Waals surface area (Å²) in [5.41, 5.74) is 0.317. The molecule has 7 heteroatoms. The standard InChI is InChI=1S/C14H19FN2O3.ClH/c1-9(2)20-12-4-3-10(15)7-11(12)17-14(18)13-8-16-5-6-19-13;/h3-4,7,9,13,16H,5-6,8H2,1-2H3,(H,17,18);1H. The molecule has 1 unspecified atom stereocenters. The van der Waals surface area contributed by atoms with E-state index in [1.54, 1.807) is 0 Å². The molecule has 118 valence electrons. The fourth-order valence-electron chi connectivity index (χ4n) is 1.90. The molecule has 1 atom stereocenters. The molecule has 1 aromatic rings. The third kappa shape index (κ3) is 5.15. The molecule has 1 aliphatic heterocycles. The number of nitrogens with one attached hydrogen (secondary N) is 2. The Balaban J connectivity index is 0.00000220. The van der Waals surface area contributed by atoms with Crippen LogP contribution in [0.3, 0.4) is 0 Å². The maximum absolute atomic E-state index is 13.3. The van der Waals surface area contributed by atoms with E-state index in [0.29, 0.717) is 24.6 Å². The highest BCUT2D eigenvalue weighted by Crippen LogP contribution is 2.26.